The number of hydrogen-bond acceptors (Lipinski definition) is 6. The fourth-order valence-electron chi connectivity index (χ4n) is 1.75. The second kappa shape index (κ2) is 6.48. The van der Waals surface area contributed by atoms with E-state index in [0.717, 1.165) is 10.0 Å². The molecule has 3 rings (SSSR count). The minimum atomic E-state index is -0.492. The molecule has 0 bridgehead atoms. The summed E-state index contributed by atoms with van der Waals surface area (Å²) < 4.78 is 11.4. The first-order valence-corrected chi connectivity index (χ1v) is 7.18. The van der Waals surface area contributed by atoms with Gasteiger partial charge in [-0.2, -0.15) is 0 Å². The highest BCUT2D eigenvalue weighted by atomic mass is 79.9. The standard InChI is InChI=1S/C15H10BrN3O3/c16-12-6-2-1-5-11(12)14-19-18-13(22-14)9-21-15(20)10-4-3-7-17-8-10/h1-8H,9H2. The van der Waals surface area contributed by atoms with Crippen molar-refractivity contribution in [2.75, 3.05) is 0 Å². The monoisotopic (exact) mass is 359 g/mol. The predicted molar refractivity (Wildman–Crippen MR) is 80.8 cm³/mol. The Bertz CT molecular complexity index is 789. The summed E-state index contributed by atoms with van der Waals surface area (Å²) in [5.41, 5.74) is 1.15. The van der Waals surface area contributed by atoms with Gasteiger partial charge in [0.05, 0.1) is 11.1 Å². The maximum Gasteiger partial charge on any atom is 0.340 e. The van der Waals surface area contributed by atoms with Crippen molar-refractivity contribution in [1.82, 2.24) is 15.2 Å². The van der Waals surface area contributed by atoms with Crippen LogP contribution in [0.25, 0.3) is 11.5 Å². The molecule has 0 aliphatic rings. The van der Waals surface area contributed by atoms with Crippen LogP contribution in [-0.4, -0.2) is 21.2 Å². The highest BCUT2D eigenvalue weighted by molar-refractivity contribution is 9.10. The van der Waals surface area contributed by atoms with Gasteiger partial charge >= 0.3 is 5.97 Å². The van der Waals surface area contributed by atoms with Crippen molar-refractivity contribution < 1.29 is 13.9 Å². The average Bonchev–Trinajstić information content (AvgIpc) is 3.02. The molecule has 0 unspecified atom stereocenters. The number of benzene rings is 1. The summed E-state index contributed by atoms with van der Waals surface area (Å²) in [5, 5.41) is 7.82. The summed E-state index contributed by atoms with van der Waals surface area (Å²) in [6.07, 6.45) is 3.02. The fourth-order valence-corrected chi connectivity index (χ4v) is 2.20. The van der Waals surface area contributed by atoms with Crippen molar-refractivity contribution in [3.05, 3.63) is 64.7 Å². The van der Waals surface area contributed by atoms with Crippen molar-refractivity contribution in [2.24, 2.45) is 0 Å². The third-order valence-corrected chi connectivity index (χ3v) is 3.49. The van der Waals surface area contributed by atoms with Crippen molar-refractivity contribution in [1.29, 1.82) is 0 Å². The van der Waals surface area contributed by atoms with E-state index in [1.165, 1.54) is 6.20 Å². The molecule has 0 radical (unpaired) electrons. The first-order valence-electron chi connectivity index (χ1n) is 6.38. The zero-order valence-corrected chi connectivity index (χ0v) is 12.9. The molecule has 1 aromatic carbocycles. The smallest absolute Gasteiger partial charge is 0.340 e. The van der Waals surface area contributed by atoms with Crippen LogP contribution in [0, 0.1) is 0 Å². The normalized spacial score (nSPS) is 10.4. The minimum Gasteiger partial charge on any atom is -0.452 e. The molecule has 0 amide bonds. The Labute approximate surface area is 134 Å². The lowest BCUT2D eigenvalue weighted by Gasteiger charge is -2.01. The number of nitrogens with zero attached hydrogens (tertiary/aromatic N) is 3. The van der Waals surface area contributed by atoms with Crippen LogP contribution >= 0.6 is 15.9 Å². The molecular formula is C15H10BrN3O3. The molecule has 0 aliphatic heterocycles. The molecule has 2 aromatic heterocycles. The van der Waals surface area contributed by atoms with Crippen LogP contribution < -0.4 is 0 Å². The Morgan fingerprint density at radius 2 is 2.05 bits per heavy atom. The molecule has 0 fully saturated rings. The minimum absolute atomic E-state index is 0.0921. The summed E-state index contributed by atoms with van der Waals surface area (Å²) in [4.78, 5) is 15.6. The number of halogens is 1. The molecule has 22 heavy (non-hydrogen) atoms. The second-order valence-corrected chi connectivity index (χ2v) is 5.15. The van der Waals surface area contributed by atoms with Crippen molar-refractivity contribution in [3.63, 3.8) is 0 Å². The molecular weight excluding hydrogens is 350 g/mol. The van der Waals surface area contributed by atoms with Gasteiger partial charge < -0.3 is 9.15 Å². The first-order chi connectivity index (χ1) is 10.7. The SMILES string of the molecule is O=C(OCc1nnc(-c2ccccc2Br)o1)c1cccnc1. The van der Waals surface area contributed by atoms with Gasteiger partial charge in [-0.3, -0.25) is 4.98 Å². The molecule has 110 valence electrons. The molecule has 7 heteroatoms. The Balaban J connectivity index is 1.68. The van der Waals surface area contributed by atoms with E-state index < -0.39 is 5.97 Å². The number of aromatic nitrogens is 3. The summed E-state index contributed by atoms with van der Waals surface area (Å²) in [5.74, 6) is 0.0941. The van der Waals surface area contributed by atoms with E-state index in [4.69, 9.17) is 9.15 Å². The zero-order chi connectivity index (χ0) is 15.4. The van der Waals surface area contributed by atoms with Gasteiger partial charge in [0.15, 0.2) is 6.61 Å². The van der Waals surface area contributed by atoms with Crippen molar-refractivity contribution in [2.45, 2.75) is 6.61 Å². The number of carbonyl (C=O) groups is 1. The van der Waals surface area contributed by atoms with E-state index >= 15 is 0 Å². The maximum atomic E-state index is 11.8. The van der Waals surface area contributed by atoms with Crippen LogP contribution in [0.2, 0.25) is 0 Å². The van der Waals surface area contributed by atoms with Gasteiger partial charge in [-0.1, -0.05) is 12.1 Å². The third-order valence-electron chi connectivity index (χ3n) is 2.80. The van der Waals surface area contributed by atoms with Crippen LogP contribution in [0.1, 0.15) is 16.2 Å². The highest BCUT2D eigenvalue weighted by Crippen LogP contribution is 2.26. The Kier molecular flexibility index (Phi) is 4.24. The third kappa shape index (κ3) is 3.20. The topological polar surface area (TPSA) is 78.1 Å². The van der Waals surface area contributed by atoms with E-state index in [9.17, 15) is 4.79 Å². The molecule has 6 nitrogen and oxygen atoms in total. The van der Waals surface area contributed by atoms with Crippen molar-refractivity contribution in [3.8, 4) is 11.5 Å². The van der Waals surface area contributed by atoms with Crippen LogP contribution in [0.5, 0.6) is 0 Å². The van der Waals surface area contributed by atoms with E-state index in [2.05, 4.69) is 31.1 Å². The van der Waals surface area contributed by atoms with Gasteiger partial charge in [0, 0.05) is 16.9 Å². The van der Waals surface area contributed by atoms with Gasteiger partial charge in [-0.15, -0.1) is 10.2 Å². The predicted octanol–water partition coefficient (Wildman–Crippen LogP) is 3.25. The molecule has 0 saturated carbocycles. The fraction of sp³-hybridized carbons (Fsp3) is 0.0667. The number of ether oxygens (including phenoxy) is 1. The van der Waals surface area contributed by atoms with E-state index in [-0.39, 0.29) is 12.5 Å². The lowest BCUT2D eigenvalue weighted by Crippen LogP contribution is -2.05. The molecule has 0 atom stereocenters. The van der Waals surface area contributed by atoms with Gasteiger partial charge in [-0.05, 0) is 40.2 Å². The van der Waals surface area contributed by atoms with Crippen LogP contribution in [0.3, 0.4) is 0 Å². The number of rotatable bonds is 4. The second-order valence-electron chi connectivity index (χ2n) is 4.30. The van der Waals surface area contributed by atoms with Gasteiger partial charge in [0.1, 0.15) is 0 Å². The maximum absolute atomic E-state index is 11.8. The van der Waals surface area contributed by atoms with E-state index in [0.29, 0.717) is 11.5 Å². The molecule has 0 saturated heterocycles. The lowest BCUT2D eigenvalue weighted by atomic mass is 10.2. The molecule has 3 aromatic rings. The molecule has 0 spiro atoms. The number of pyridine rings is 1. The van der Waals surface area contributed by atoms with Gasteiger partial charge in [0.25, 0.3) is 5.89 Å². The molecule has 0 N–H and O–H groups in total. The van der Waals surface area contributed by atoms with Crippen LogP contribution in [0.15, 0.2) is 57.7 Å². The number of esters is 1. The van der Waals surface area contributed by atoms with Gasteiger partial charge in [-0.25, -0.2) is 4.79 Å². The largest absolute Gasteiger partial charge is 0.452 e. The Hall–Kier alpha value is -2.54. The summed E-state index contributed by atoms with van der Waals surface area (Å²) >= 11 is 3.41. The lowest BCUT2D eigenvalue weighted by molar-refractivity contribution is 0.0438. The summed E-state index contributed by atoms with van der Waals surface area (Å²) in [7, 11) is 0. The summed E-state index contributed by atoms with van der Waals surface area (Å²) in [6, 6.07) is 10.8. The summed E-state index contributed by atoms with van der Waals surface area (Å²) in [6.45, 7) is -0.0921. The molecule has 2 heterocycles. The Morgan fingerprint density at radius 1 is 1.18 bits per heavy atom. The van der Waals surface area contributed by atoms with Crippen LogP contribution in [0.4, 0.5) is 0 Å². The quantitative estimate of drug-likeness (QED) is 0.665. The van der Waals surface area contributed by atoms with E-state index in [1.54, 1.807) is 18.3 Å². The molecule has 0 aliphatic carbocycles. The average molecular weight is 360 g/mol. The number of hydrogen-bond donors (Lipinski definition) is 0. The zero-order valence-electron chi connectivity index (χ0n) is 11.3. The van der Waals surface area contributed by atoms with Gasteiger partial charge in [0.2, 0.25) is 5.89 Å². The Morgan fingerprint density at radius 3 is 2.82 bits per heavy atom. The first kappa shape index (κ1) is 14.4. The number of carbonyl (C=O) groups excluding carboxylic acids is 1. The highest BCUT2D eigenvalue weighted by Gasteiger charge is 2.13. The van der Waals surface area contributed by atoms with Crippen LogP contribution in [-0.2, 0) is 11.3 Å². The van der Waals surface area contributed by atoms with E-state index in [1.807, 2.05) is 24.3 Å². The van der Waals surface area contributed by atoms with Crippen molar-refractivity contribution >= 4 is 21.9 Å².